The molecule has 0 aliphatic heterocycles. The highest BCUT2D eigenvalue weighted by Gasteiger charge is 2.03. The molecule has 15 heavy (non-hydrogen) atoms. The van der Waals surface area contributed by atoms with Crippen LogP contribution in [0.15, 0.2) is 41.3 Å². The molecule has 0 unspecified atom stereocenters. The van der Waals surface area contributed by atoms with Crippen molar-refractivity contribution >= 4 is 15.9 Å². The third-order valence-corrected chi connectivity index (χ3v) is 2.79. The van der Waals surface area contributed by atoms with Gasteiger partial charge in [-0.1, -0.05) is 6.07 Å². The zero-order valence-corrected chi connectivity index (χ0v) is 9.61. The van der Waals surface area contributed by atoms with Gasteiger partial charge in [-0.3, -0.25) is 4.98 Å². The van der Waals surface area contributed by atoms with Crippen molar-refractivity contribution < 1.29 is 0 Å². The molecule has 0 spiro atoms. The lowest BCUT2D eigenvalue weighted by Crippen LogP contribution is -1.99. The zero-order chi connectivity index (χ0) is 10.7. The molecule has 4 heteroatoms. The fraction of sp³-hybridized carbons (Fsp3) is 0.0909. The first-order valence-electron chi connectivity index (χ1n) is 4.57. The average molecular weight is 264 g/mol. The Morgan fingerprint density at radius 3 is 2.73 bits per heavy atom. The number of nitrogens with zero attached hydrogens (tertiary/aromatic N) is 2. The van der Waals surface area contributed by atoms with Crippen molar-refractivity contribution in [2.75, 3.05) is 0 Å². The van der Waals surface area contributed by atoms with Crippen molar-refractivity contribution in [2.45, 2.75) is 6.54 Å². The molecule has 76 valence electrons. The van der Waals surface area contributed by atoms with E-state index >= 15 is 0 Å². The summed E-state index contributed by atoms with van der Waals surface area (Å²) in [5, 5.41) is 0. The number of halogens is 1. The lowest BCUT2D eigenvalue weighted by molar-refractivity contribution is 1.03. The van der Waals surface area contributed by atoms with Crippen LogP contribution in [0, 0.1) is 0 Å². The number of rotatable bonds is 2. The van der Waals surface area contributed by atoms with Gasteiger partial charge in [0.05, 0.1) is 5.69 Å². The van der Waals surface area contributed by atoms with Crippen LogP contribution in [0.1, 0.15) is 5.56 Å². The van der Waals surface area contributed by atoms with E-state index in [0.717, 1.165) is 21.4 Å². The van der Waals surface area contributed by atoms with Crippen molar-refractivity contribution in [1.82, 2.24) is 9.97 Å². The molecule has 2 rings (SSSR count). The minimum absolute atomic E-state index is 0.487. The maximum Gasteiger partial charge on any atom is 0.111 e. The molecule has 0 saturated heterocycles. The van der Waals surface area contributed by atoms with E-state index in [9.17, 15) is 0 Å². The van der Waals surface area contributed by atoms with E-state index in [-0.39, 0.29) is 0 Å². The maximum atomic E-state index is 5.56. The summed E-state index contributed by atoms with van der Waals surface area (Å²) in [4.78, 5) is 8.46. The number of pyridine rings is 2. The van der Waals surface area contributed by atoms with Gasteiger partial charge >= 0.3 is 0 Å². The smallest absolute Gasteiger partial charge is 0.111 e. The summed E-state index contributed by atoms with van der Waals surface area (Å²) < 4.78 is 0.798. The molecule has 2 aromatic rings. The Bertz CT molecular complexity index is 457. The molecule has 0 fully saturated rings. The van der Waals surface area contributed by atoms with Crippen LogP contribution < -0.4 is 5.73 Å². The third-order valence-electron chi connectivity index (χ3n) is 2.10. The van der Waals surface area contributed by atoms with Gasteiger partial charge in [-0.2, -0.15) is 0 Å². The van der Waals surface area contributed by atoms with Gasteiger partial charge in [0, 0.05) is 24.5 Å². The highest BCUT2D eigenvalue weighted by molar-refractivity contribution is 9.10. The minimum atomic E-state index is 0.487. The molecule has 0 aromatic carbocycles. The van der Waals surface area contributed by atoms with Gasteiger partial charge in [-0.15, -0.1) is 0 Å². The highest BCUT2D eigenvalue weighted by atomic mass is 79.9. The van der Waals surface area contributed by atoms with E-state index in [0.29, 0.717) is 6.54 Å². The van der Waals surface area contributed by atoms with Crippen LogP contribution in [-0.4, -0.2) is 9.97 Å². The third kappa shape index (κ3) is 2.22. The Balaban J connectivity index is 2.43. The molecule has 0 radical (unpaired) electrons. The van der Waals surface area contributed by atoms with Crippen molar-refractivity contribution in [2.24, 2.45) is 5.73 Å². The van der Waals surface area contributed by atoms with Crippen LogP contribution in [0.4, 0.5) is 0 Å². The molecular weight excluding hydrogens is 254 g/mol. The Morgan fingerprint density at radius 1 is 1.27 bits per heavy atom. The number of hydrogen-bond donors (Lipinski definition) is 1. The standard InChI is InChI=1S/C11H10BrN3/c12-11-8(6-13)3-4-10(15-11)9-2-1-5-14-7-9/h1-5,7H,6,13H2. The van der Waals surface area contributed by atoms with Crippen LogP contribution in [0.3, 0.4) is 0 Å². The number of hydrogen-bond acceptors (Lipinski definition) is 3. The number of nitrogens with two attached hydrogens (primary N) is 1. The van der Waals surface area contributed by atoms with Crippen molar-refractivity contribution in [3.05, 3.63) is 46.8 Å². The van der Waals surface area contributed by atoms with Gasteiger partial charge in [0.1, 0.15) is 4.60 Å². The lowest BCUT2D eigenvalue weighted by Gasteiger charge is -2.04. The second-order valence-corrected chi connectivity index (χ2v) is 3.84. The summed E-state index contributed by atoms with van der Waals surface area (Å²) in [7, 11) is 0. The second-order valence-electron chi connectivity index (χ2n) is 3.09. The van der Waals surface area contributed by atoms with Crippen LogP contribution in [0.5, 0.6) is 0 Å². The number of aromatic nitrogens is 2. The first-order valence-corrected chi connectivity index (χ1v) is 5.36. The molecule has 2 heterocycles. The predicted molar refractivity (Wildman–Crippen MR) is 63.1 cm³/mol. The second kappa shape index (κ2) is 4.51. The van der Waals surface area contributed by atoms with Gasteiger partial charge in [0.2, 0.25) is 0 Å². The van der Waals surface area contributed by atoms with E-state index in [2.05, 4.69) is 25.9 Å². The van der Waals surface area contributed by atoms with E-state index in [1.165, 1.54) is 0 Å². The van der Waals surface area contributed by atoms with E-state index in [1.807, 2.05) is 24.3 Å². The Hall–Kier alpha value is -1.26. The molecule has 2 N–H and O–H groups in total. The first kappa shape index (κ1) is 10.3. The SMILES string of the molecule is NCc1ccc(-c2cccnc2)nc1Br. The van der Waals surface area contributed by atoms with Crippen molar-refractivity contribution in [3.63, 3.8) is 0 Å². The Kier molecular flexibility index (Phi) is 3.08. The normalized spacial score (nSPS) is 10.3. The molecule has 0 bridgehead atoms. The van der Waals surface area contributed by atoms with Crippen LogP contribution >= 0.6 is 15.9 Å². The van der Waals surface area contributed by atoms with Crippen molar-refractivity contribution in [3.8, 4) is 11.3 Å². The topological polar surface area (TPSA) is 51.8 Å². The molecule has 0 aliphatic carbocycles. The average Bonchev–Trinajstić information content (AvgIpc) is 2.30. The quantitative estimate of drug-likeness (QED) is 0.847. The molecule has 0 amide bonds. The predicted octanol–water partition coefficient (Wildman–Crippen LogP) is 2.36. The van der Waals surface area contributed by atoms with E-state index < -0.39 is 0 Å². The van der Waals surface area contributed by atoms with Gasteiger partial charge < -0.3 is 5.73 Å². The van der Waals surface area contributed by atoms with Gasteiger partial charge in [-0.25, -0.2) is 4.98 Å². The Morgan fingerprint density at radius 2 is 2.13 bits per heavy atom. The fourth-order valence-corrected chi connectivity index (χ4v) is 1.78. The molecule has 0 atom stereocenters. The van der Waals surface area contributed by atoms with Crippen LogP contribution in [0.25, 0.3) is 11.3 Å². The summed E-state index contributed by atoms with van der Waals surface area (Å²) in [5.41, 5.74) is 8.46. The van der Waals surface area contributed by atoms with Gasteiger partial charge in [0.15, 0.2) is 0 Å². The summed E-state index contributed by atoms with van der Waals surface area (Å²) in [6.07, 6.45) is 3.53. The largest absolute Gasteiger partial charge is 0.326 e. The maximum absolute atomic E-state index is 5.56. The monoisotopic (exact) mass is 263 g/mol. The fourth-order valence-electron chi connectivity index (χ4n) is 1.29. The van der Waals surface area contributed by atoms with E-state index in [1.54, 1.807) is 12.4 Å². The van der Waals surface area contributed by atoms with E-state index in [4.69, 9.17) is 5.73 Å². The minimum Gasteiger partial charge on any atom is -0.326 e. The summed E-state index contributed by atoms with van der Waals surface area (Å²) in [6, 6.07) is 7.79. The molecule has 0 saturated carbocycles. The Labute approximate surface area is 96.5 Å². The summed E-state index contributed by atoms with van der Waals surface area (Å²) in [5.74, 6) is 0. The lowest BCUT2D eigenvalue weighted by atomic mass is 10.1. The summed E-state index contributed by atoms with van der Waals surface area (Å²) in [6.45, 7) is 0.487. The molecule has 2 aromatic heterocycles. The van der Waals surface area contributed by atoms with Crippen LogP contribution in [-0.2, 0) is 6.54 Å². The summed E-state index contributed by atoms with van der Waals surface area (Å²) >= 11 is 3.39. The molecule has 0 aliphatic rings. The zero-order valence-electron chi connectivity index (χ0n) is 8.02. The molecule has 3 nitrogen and oxygen atoms in total. The van der Waals surface area contributed by atoms with Crippen molar-refractivity contribution in [1.29, 1.82) is 0 Å². The first-order chi connectivity index (χ1) is 7.31. The van der Waals surface area contributed by atoms with Crippen LogP contribution in [0.2, 0.25) is 0 Å². The van der Waals surface area contributed by atoms with Gasteiger partial charge in [0.25, 0.3) is 0 Å². The highest BCUT2D eigenvalue weighted by Crippen LogP contribution is 2.20. The molecular formula is C11H10BrN3. The van der Waals surface area contributed by atoms with Gasteiger partial charge in [-0.05, 0) is 39.7 Å².